The second-order valence-electron chi connectivity index (χ2n) is 6.93. The third-order valence-corrected chi connectivity index (χ3v) is 5.09. The summed E-state index contributed by atoms with van der Waals surface area (Å²) in [6.45, 7) is 2.51. The van der Waals surface area contributed by atoms with Crippen molar-refractivity contribution in [2.45, 2.75) is 0 Å². The molecule has 0 unspecified atom stereocenters. The molecule has 0 saturated carbocycles. The van der Waals surface area contributed by atoms with E-state index in [1.807, 2.05) is 47.2 Å². The molecule has 0 spiro atoms. The highest BCUT2D eigenvalue weighted by atomic mass is 16.5. The molecule has 0 radical (unpaired) electrons. The van der Waals surface area contributed by atoms with Crippen molar-refractivity contribution in [1.29, 1.82) is 0 Å². The van der Waals surface area contributed by atoms with E-state index in [4.69, 9.17) is 4.52 Å². The van der Waals surface area contributed by atoms with Crippen molar-refractivity contribution in [3.8, 4) is 17.1 Å². The monoisotopic (exact) mass is 401 g/mol. The van der Waals surface area contributed by atoms with Crippen molar-refractivity contribution >= 4 is 11.7 Å². The normalized spacial score (nSPS) is 14.1. The Morgan fingerprint density at radius 2 is 1.77 bits per heavy atom. The minimum atomic E-state index is -0.123. The molecule has 1 aliphatic rings. The van der Waals surface area contributed by atoms with Gasteiger partial charge in [0.05, 0.1) is 0 Å². The van der Waals surface area contributed by atoms with Crippen LogP contribution < -0.4 is 4.90 Å². The number of carbonyl (C=O) groups excluding carboxylic acids is 1. The predicted octanol–water partition coefficient (Wildman–Crippen LogP) is 2.28. The summed E-state index contributed by atoms with van der Waals surface area (Å²) in [6.07, 6.45) is 6.79. The number of imidazole rings is 1. The van der Waals surface area contributed by atoms with Crippen LogP contribution in [0.4, 0.5) is 5.82 Å². The Kier molecular flexibility index (Phi) is 4.68. The fraction of sp³-hybridized carbons (Fsp3) is 0.190. The van der Waals surface area contributed by atoms with Gasteiger partial charge in [-0.3, -0.25) is 9.36 Å². The van der Waals surface area contributed by atoms with Gasteiger partial charge in [-0.25, -0.2) is 15.0 Å². The van der Waals surface area contributed by atoms with Crippen molar-refractivity contribution < 1.29 is 9.32 Å². The van der Waals surface area contributed by atoms with Crippen LogP contribution in [0.15, 0.2) is 72.0 Å². The SMILES string of the molecule is O=C(c1cc(-c2ccccc2)on1)N1CCN(c2cc(-n3ccnc3)ncn2)CC1. The van der Waals surface area contributed by atoms with E-state index in [1.165, 1.54) is 0 Å². The summed E-state index contributed by atoms with van der Waals surface area (Å²) >= 11 is 0. The minimum absolute atomic E-state index is 0.123. The molecule has 3 aromatic heterocycles. The third kappa shape index (κ3) is 3.52. The van der Waals surface area contributed by atoms with Gasteiger partial charge in [-0.1, -0.05) is 35.5 Å². The first-order valence-electron chi connectivity index (χ1n) is 9.65. The lowest BCUT2D eigenvalue weighted by Gasteiger charge is -2.35. The molecule has 0 N–H and O–H groups in total. The first kappa shape index (κ1) is 18.0. The zero-order chi connectivity index (χ0) is 20.3. The van der Waals surface area contributed by atoms with E-state index in [-0.39, 0.29) is 5.91 Å². The summed E-state index contributed by atoms with van der Waals surface area (Å²) in [5, 5.41) is 3.98. The zero-order valence-electron chi connectivity index (χ0n) is 16.1. The molecule has 4 heterocycles. The van der Waals surface area contributed by atoms with Gasteiger partial charge in [0.15, 0.2) is 11.5 Å². The molecule has 0 atom stereocenters. The second-order valence-corrected chi connectivity index (χ2v) is 6.93. The van der Waals surface area contributed by atoms with E-state index < -0.39 is 0 Å². The number of nitrogens with zero attached hydrogens (tertiary/aromatic N) is 7. The predicted molar refractivity (Wildman–Crippen MR) is 109 cm³/mol. The van der Waals surface area contributed by atoms with Gasteiger partial charge >= 0.3 is 0 Å². The first-order valence-corrected chi connectivity index (χ1v) is 9.65. The van der Waals surface area contributed by atoms with Gasteiger partial charge in [-0.2, -0.15) is 0 Å². The van der Waals surface area contributed by atoms with Crippen LogP contribution in [0, 0.1) is 0 Å². The van der Waals surface area contributed by atoms with Crippen molar-refractivity contribution in [3.05, 3.63) is 73.2 Å². The molecular formula is C21H19N7O2. The molecule has 1 aromatic carbocycles. The zero-order valence-corrected chi connectivity index (χ0v) is 16.1. The highest BCUT2D eigenvalue weighted by Gasteiger charge is 2.25. The molecule has 0 aliphatic carbocycles. The average molecular weight is 401 g/mol. The minimum Gasteiger partial charge on any atom is -0.355 e. The van der Waals surface area contributed by atoms with Gasteiger partial charge in [0.2, 0.25) is 0 Å². The Morgan fingerprint density at radius 1 is 0.967 bits per heavy atom. The molecule has 1 amide bonds. The number of hydrogen-bond donors (Lipinski definition) is 0. The number of aromatic nitrogens is 5. The Bertz CT molecular complexity index is 1130. The standard InChI is InChI=1S/C21H19N7O2/c29-21(17-12-18(30-25-17)16-4-2-1-3-5-16)27-10-8-26(9-11-27)19-13-20(24-14-23-19)28-7-6-22-15-28/h1-7,12-15H,8-11H2. The molecule has 9 nitrogen and oxygen atoms in total. The van der Waals surface area contributed by atoms with Gasteiger partial charge in [0.1, 0.15) is 24.3 Å². The van der Waals surface area contributed by atoms with Gasteiger partial charge in [-0.15, -0.1) is 0 Å². The summed E-state index contributed by atoms with van der Waals surface area (Å²) in [7, 11) is 0. The maximum Gasteiger partial charge on any atom is 0.276 e. The fourth-order valence-electron chi connectivity index (χ4n) is 3.46. The summed E-state index contributed by atoms with van der Waals surface area (Å²) < 4.78 is 7.20. The van der Waals surface area contributed by atoms with Crippen LogP contribution in [0.5, 0.6) is 0 Å². The summed E-state index contributed by atoms with van der Waals surface area (Å²) in [4.78, 5) is 29.5. The van der Waals surface area contributed by atoms with Gasteiger partial charge in [0.25, 0.3) is 5.91 Å². The molecule has 1 fully saturated rings. The van der Waals surface area contributed by atoms with Crippen molar-refractivity contribution in [2.75, 3.05) is 31.1 Å². The number of hydrogen-bond acceptors (Lipinski definition) is 7. The Morgan fingerprint density at radius 3 is 2.53 bits per heavy atom. The lowest BCUT2D eigenvalue weighted by atomic mass is 10.1. The van der Waals surface area contributed by atoms with Crippen LogP contribution in [0.2, 0.25) is 0 Å². The van der Waals surface area contributed by atoms with Gasteiger partial charge in [0, 0.05) is 56.3 Å². The second kappa shape index (κ2) is 7.78. The van der Waals surface area contributed by atoms with E-state index in [2.05, 4.69) is 25.0 Å². The first-order chi connectivity index (χ1) is 14.8. The highest BCUT2D eigenvalue weighted by molar-refractivity contribution is 5.93. The quantitative estimate of drug-likeness (QED) is 0.518. The number of amides is 1. The van der Waals surface area contributed by atoms with Crippen LogP contribution in [-0.4, -0.2) is 61.7 Å². The Balaban J connectivity index is 1.25. The van der Waals surface area contributed by atoms with E-state index in [1.54, 1.807) is 29.8 Å². The highest BCUT2D eigenvalue weighted by Crippen LogP contribution is 2.21. The smallest absolute Gasteiger partial charge is 0.276 e. The number of benzene rings is 1. The molecule has 0 bridgehead atoms. The topological polar surface area (TPSA) is 93.2 Å². The number of carbonyl (C=O) groups is 1. The lowest BCUT2D eigenvalue weighted by Crippen LogP contribution is -2.49. The number of piperazine rings is 1. The van der Waals surface area contributed by atoms with Crippen LogP contribution in [0.3, 0.4) is 0 Å². The fourth-order valence-corrected chi connectivity index (χ4v) is 3.46. The molecule has 5 rings (SSSR count). The van der Waals surface area contributed by atoms with Crippen LogP contribution in [0.1, 0.15) is 10.5 Å². The molecule has 1 aliphatic heterocycles. The van der Waals surface area contributed by atoms with E-state index in [0.717, 1.165) is 17.2 Å². The molecule has 1 saturated heterocycles. The summed E-state index contributed by atoms with van der Waals surface area (Å²) in [5.74, 6) is 2.05. The van der Waals surface area contributed by atoms with Crippen molar-refractivity contribution in [3.63, 3.8) is 0 Å². The molecule has 4 aromatic rings. The largest absolute Gasteiger partial charge is 0.355 e. The maximum absolute atomic E-state index is 12.8. The summed E-state index contributed by atoms with van der Waals surface area (Å²) in [5.41, 5.74) is 1.22. The van der Waals surface area contributed by atoms with Gasteiger partial charge in [-0.05, 0) is 0 Å². The van der Waals surface area contributed by atoms with Crippen molar-refractivity contribution in [2.24, 2.45) is 0 Å². The average Bonchev–Trinajstić information content (AvgIpc) is 3.52. The molecule has 30 heavy (non-hydrogen) atoms. The molecule has 9 heteroatoms. The number of anilines is 1. The van der Waals surface area contributed by atoms with Crippen molar-refractivity contribution in [1.82, 2.24) is 29.6 Å². The Labute approximate surface area is 172 Å². The Hall–Kier alpha value is -4.01. The van der Waals surface area contributed by atoms with Crippen LogP contribution in [0.25, 0.3) is 17.1 Å². The van der Waals surface area contributed by atoms with E-state index >= 15 is 0 Å². The molecule has 150 valence electrons. The summed E-state index contributed by atoms with van der Waals surface area (Å²) in [6, 6.07) is 13.2. The number of rotatable bonds is 4. The van der Waals surface area contributed by atoms with Crippen LogP contribution in [-0.2, 0) is 0 Å². The lowest BCUT2D eigenvalue weighted by molar-refractivity contribution is 0.0736. The molecular weight excluding hydrogens is 382 g/mol. The van der Waals surface area contributed by atoms with Crippen LogP contribution >= 0.6 is 0 Å². The van der Waals surface area contributed by atoms with Gasteiger partial charge < -0.3 is 14.3 Å². The van der Waals surface area contributed by atoms with E-state index in [9.17, 15) is 4.79 Å². The third-order valence-electron chi connectivity index (χ3n) is 5.09. The maximum atomic E-state index is 12.8. The van der Waals surface area contributed by atoms with E-state index in [0.29, 0.717) is 37.6 Å².